The van der Waals surface area contributed by atoms with Gasteiger partial charge >= 0.3 is 6.01 Å². The van der Waals surface area contributed by atoms with Crippen LogP contribution in [0.5, 0.6) is 11.8 Å². The molecule has 188 valence electrons. The first-order valence-electron chi connectivity index (χ1n) is 12.8. The van der Waals surface area contributed by atoms with Crippen LogP contribution in [0.4, 0.5) is 11.6 Å². The smallest absolute Gasteiger partial charge is 0.327 e. The number of nitrogens with zero attached hydrogens (tertiary/aromatic N) is 7. The van der Waals surface area contributed by atoms with Crippen LogP contribution >= 0.6 is 0 Å². The number of benzene rings is 2. The van der Waals surface area contributed by atoms with Crippen LogP contribution in [0.15, 0.2) is 73.2 Å². The SMILES string of the molecule is CC(C)c1cnn2c(NCc3ccccc3-n3cccn3)nc(Oc3ccc(N4CCCC4)cc3)nc12. The molecule has 9 heteroatoms. The quantitative estimate of drug-likeness (QED) is 0.307. The van der Waals surface area contributed by atoms with Gasteiger partial charge in [-0.2, -0.15) is 24.7 Å². The lowest BCUT2D eigenvalue weighted by Crippen LogP contribution is -2.17. The minimum Gasteiger partial charge on any atom is -0.424 e. The molecule has 1 aliphatic heterocycles. The maximum Gasteiger partial charge on any atom is 0.327 e. The Morgan fingerprint density at radius 1 is 0.946 bits per heavy atom. The van der Waals surface area contributed by atoms with Crippen LogP contribution in [0.25, 0.3) is 11.3 Å². The molecule has 0 amide bonds. The number of hydrogen-bond acceptors (Lipinski definition) is 7. The highest BCUT2D eigenvalue weighted by Gasteiger charge is 2.17. The summed E-state index contributed by atoms with van der Waals surface area (Å²) in [6.07, 6.45) is 8.06. The van der Waals surface area contributed by atoms with Crippen molar-refractivity contribution >= 4 is 17.3 Å². The lowest BCUT2D eigenvalue weighted by Gasteiger charge is -2.17. The zero-order valence-electron chi connectivity index (χ0n) is 21.1. The van der Waals surface area contributed by atoms with Gasteiger partial charge in [0, 0.05) is 43.3 Å². The van der Waals surface area contributed by atoms with E-state index in [1.165, 1.54) is 18.5 Å². The van der Waals surface area contributed by atoms with Gasteiger partial charge in [-0.3, -0.25) is 0 Å². The molecule has 37 heavy (non-hydrogen) atoms. The van der Waals surface area contributed by atoms with E-state index >= 15 is 0 Å². The van der Waals surface area contributed by atoms with Gasteiger partial charge in [-0.05, 0) is 60.7 Å². The Hall–Kier alpha value is -4.40. The highest BCUT2D eigenvalue weighted by atomic mass is 16.5. The molecular weight excluding hydrogens is 464 g/mol. The van der Waals surface area contributed by atoms with E-state index in [2.05, 4.69) is 52.5 Å². The van der Waals surface area contributed by atoms with E-state index in [1.807, 2.05) is 53.5 Å². The lowest BCUT2D eigenvalue weighted by molar-refractivity contribution is 0.441. The Morgan fingerprint density at radius 2 is 1.76 bits per heavy atom. The van der Waals surface area contributed by atoms with Crippen LogP contribution in [0.1, 0.15) is 43.7 Å². The second kappa shape index (κ2) is 9.93. The van der Waals surface area contributed by atoms with Crippen LogP contribution < -0.4 is 15.0 Å². The molecule has 9 nitrogen and oxygen atoms in total. The molecular formula is C28H30N8O. The van der Waals surface area contributed by atoms with Gasteiger partial charge in [-0.1, -0.05) is 32.0 Å². The maximum absolute atomic E-state index is 6.15. The summed E-state index contributed by atoms with van der Waals surface area (Å²) in [5.74, 6) is 1.53. The second-order valence-electron chi connectivity index (χ2n) is 9.54. The highest BCUT2D eigenvalue weighted by molar-refractivity contribution is 5.54. The van der Waals surface area contributed by atoms with E-state index in [0.29, 0.717) is 18.2 Å². The molecule has 0 unspecified atom stereocenters. The summed E-state index contributed by atoms with van der Waals surface area (Å²) in [6.45, 7) is 7.01. The monoisotopic (exact) mass is 494 g/mol. The molecule has 1 fully saturated rings. The van der Waals surface area contributed by atoms with E-state index in [0.717, 1.165) is 35.6 Å². The van der Waals surface area contributed by atoms with Gasteiger partial charge in [0.1, 0.15) is 5.75 Å². The summed E-state index contributed by atoms with van der Waals surface area (Å²) in [5.41, 5.74) is 5.07. The Labute approximate surface area is 215 Å². The molecule has 0 spiro atoms. The largest absolute Gasteiger partial charge is 0.424 e. The first-order valence-corrected chi connectivity index (χ1v) is 12.8. The number of anilines is 2. The standard InChI is InChI=1S/C28H30N8O/c1-20(2)24-19-31-36-26(24)32-28(37-23-12-10-22(11-13-23)34-15-5-6-16-34)33-27(36)29-18-21-8-3-4-9-25(21)35-17-7-14-30-35/h3-4,7-14,17,19-20H,5-6,15-16,18H2,1-2H3,(H,29,32,33). The topological polar surface area (TPSA) is 85.4 Å². The minimum atomic E-state index is 0.258. The van der Waals surface area contributed by atoms with Gasteiger partial charge in [0.15, 0.2) is 5.65 Å². The molecule has 5 aromatic rings. The minimum absolute atomic E-state index is 0.258. The van der Waals surface area contributed by atoms with Crippen molar-refractivity contribution in [3.8, 4) is 17.4 Å². The summed E-state index contributed by atoms with van der Waals surface area (Å²) in [4.78, 5) is 11.8. The summed E-state index contributed by atoms with van der Waals surface area (Å²) in [5, 5.41) is 12.4. The fourth-order valence-electron chi connectivity index (χ4n) is 4.72. The number of aromatic nitrogens is 6. The first kappa shape index (κ1) is 23.0. The number of ether oxygens (including phenoxy) is 1. The van der Waals surface area contributed by atoms with E-state index in [-0.39, 0.29) is 11.9 Å². The Kier molecular flexibility index (Phi) is 6.18. The van der Waals surface area contributed by atoms with Gasteiger partial charge in [0.2, 0.25) is 5.95 Å². The maximum atomic E-state index is 6.15. The molecule has 0 atom stereocenters. The number of fused-ring (bicyclic) bond motifs is 1. The van der Waals surface area contributed by atoms with Gasteiger partial charge in [0.25, 0.3) is 0 Å². The zero-order chi connectivity index (χ0) is 25.2. The van der Waals surface area contributed by atoms with Crippen LogP contribution in [0.3, 0.4) is 0 Å². The number of para-hydroxylation sites is 1. The molecule has 4 heterocycles. The third kappa shape index (κ3) is 4.72. The fourth-order valence-corrected chi connectivity index (χ4v) is 4.72. The van der Waals surface area contributed by atoms with Crippen molar-refractivity contribution < 1.29 is 4.74 Å². The van der Waals surface area contributed by atoms with Crippen molar-refractivity contribution in [2.45, 2.75) is 39.2 Å². The summed E-state index contributed by atoms with van der Waals surface area (Å²) >= 11 is 0. The zero-order valence-corrected chi connectivity index (χ0v) is 21.1. The Morgan fingerprint density at radius 3 is 2.51 bits per heavy atom. The molecule has 1 saturated heterocycles. The third-order valence-electron chi connectivity index (χ3n) is 6.69. The van der Waals surface area contributed by atoms with Crippen molar-refractivity contribution in [1.82, 2.24) is 29.4 Å². The van der Waals surface area contributed by atoms with Gasteiger partial charge in [-0.15, -0.1) is 0 Å². The molecule has 0 bridgehead atoms. The van der Waals surface area contributed by atoms with Gasteiger partial charge in [-0.25, -0.2) is 4.68 Å². The molecule has 2 aromatic carbocycles. The second-order valence-corrected chi connectivity index (χ2v) is 9.54. The predicted octanol–water partition coefficient (Wildman–Crippen LogP) is 5.44. The number of nitrogens with one attached hydrogen (secondary N) is 1. The Balaban J connectivity index is 1.30. The van der Waals surface area contributed by atoms with Crippen molar-refractivity contribution in [1.29, 1.82) is 0 Å². The predicted molar refractivity (Wildman–Crippen MR) is 144 cm³/mol. The van der Waals surface area contributed by atoms with Crippen molar-refractivity contribution in [3.63, 3.8) is 0 Å². The van der Waals surface area contributed by atoms with Crippen molar-refractivity contribution in [3.05, 3.63) is 84.3 Å². The van der Waals surface area contributed by atoms with Crippen molar-refractivity contribution in [2.75, 3.05) is 23.3 Å². The average molecular weight is 495 g/mol. The van der Waals surface area contributed by atoms with Crippen LogP contribution in [-0.2, 0) is 6.54 Å². The molecule has 6 rings (SSSR count). The highest BCUT2D eigenvalue weighted by Crippen LogP contribution is 2.28. The van der Waals surface area contributed by atoms with E-state index in [9.17, 15) is 0 Å². The summed E-state index contributed by atoms with van der Waals surface area (Å²) in [7, 11) is 0. The average Bonchev–Trinajstić information content (AvgIpc) is 3.70. The van der Waals surface area contributed by atoms with E-state index in [4.69, 9.17) is 14.7 Å². The molecule has 3 aromatic heterocycles. The molecule has 1 N–H and O–H groups in total. The number of hydrogen-bond donors (Lipinski definition) is 1. The van der Waals surface area contributed by atoms with E-state index in [1.54, 1.807) is 10.7 Å². The van der Waals surface area contributed by atoms with E-state index < -0.39 is 0 Å². The van der Waals surface area contributed by atoms with Gasteiger partial charge in [0.05, 0.1) is 11.9 Å². The van der Waals surface area contributed by atoms with Crippen molar-refractivity contribution in [2.24, 2.45) is 0 Å². The lowest BCUT2D eigenvalue weighted by atomic mass is 10.1. The summed E-state index contributed by atoms with van der Waals surface area (Å²) < 4.78 is 9.75. The van der Waals surface area contributed by atoms with Gasteiger partial charge < -0.3 is 15.0 Å². The third-order valence-corrected chi connectivity index (χ3v) is 6.69. The Bertz CT molecular complexity index is 1480. The fraction of sp³-hybridized carbons (Fsp3) is 0.286. The number of rotatable bonds is 8. The molecule has 0 radical (unpaired) electrons. The van der Waals surface area contributed by atoms with Crippen LogP contribution in [0.2, 0.25) is 0 Å². The molecule has 1 aliphatic rings. The molecule has 0 saturated carbocycles. The normalized spacial score (nSPS) is 13.5. The van der Waals surface area contributed by atoms with Crippen LogP contribution in [0, 0.1) is 0 Å². The molecule has 0 aliphatic carbocycles. The first-order chi connectivity index (χ1) is 18.2. The summed E-state index contributed by atoms with van der Waals surface area (Å²) in [6, 6.07) is 18.5. The van der Waals surface area contributed by atoms with Crippen LogP contribution in [-0.4, -0.2) is 42.5 Å².